The summed E-state index contributed by atoms with van der Waals surface area (Å²) in [4.78, 5) is 0. The second kappa shape index (κ2) is 6.05. The van der Waals surface area contributed by atoms with E-state index in [0.29, 0.717) is 6.54 Å². The first-order chi connectivity index (χ1) is 10.3. The highest BCUT2D eigenvalue weighted by Crippen LogP contribution is 2.19. The molecule has 110 valence electrons. The van der Waals surface area contributed by atoms with Crippen LogP contribution >= 0.6 is 0 Å². The molecule has 0 saturated carbocycles. The molecule has 2 aromatic heterocycles. The first-order valence-electron chi connectivity index (χ1n) is 7.36. The highest BCUT2D eigenvalue weighted by atomic mass is 15.4. The third-order valence-corrected chi connectivity index (χ3v) is 3.49. The van der Waals surface area contributed by atoms with E-state index >= 15 is 0 Å². The molecular formula is C15H20N6. The van der Waals surface area contributed by atoms with E-state index in [2.05, 4.69) is 46.7 Å². The van der Waals surface area contributed by atoms with Gasteiger partial charge in [0.1, 0.15) is 0 Å². The quantitative estimate of drug-likeness (QED) is 0.750. The number of aryl methyl sites for hydroxylation is 1. The molecule has 0 aliphatic heterocycles. The fourth-order valence-electron chi connectivity index (χ4n) is 2.46. The van der Waals surface area contributed by atoms with Gasteiger partial charge in [0.05, 0.1) is 29.6 Å². The molecule has 3 rings (SSSR count). The Bertz CT molecular complexity index is 727. The van der Waals surface area contributed by atoms with E-state index < -0.39 is 0 Å². The Kier molecular flexibility index (Phi) is 3.96. The molecule has 1 N–H and O–H groups in total. The summed E-state index contributed by atoms with van der Waals surface area (Å²) in [5.41, 5.74) is 3.16. The summed E-state index contributed by atoms with van der Waals surface area (Å²) in [5.74, 6) is 0. The van der Waals surface area contributed by atoms with E-state index in [1.165, 1.54) is 10.9 Å². The predicted molar refractivity (Wildman–Crippen MR) is 81.9 cm³/mol. The molecule has 6 nitrogen and oxygen atoms in total. The van der Waals surface area contributed by atoms with Crippen LogP contribution < -0.4 is 5.32 Å². The molecule has 0 aliphatic carbocycles. The van der Waals surface area contributed by atoms with Gasteiger partial charge in [0.2, 0.25) is 0 Å². The lowest BCUT2D eigenvalue weighted by atomic mass is 10.2. The van der Waals surface area contributed by atoms with Crippen molar-refractivity contribution in [1.82, 2.24) is 30.1 Å². The molecule has 0 bridgehead atoms. The largest absolute Gasteiger partial charge is 0.311 e. The minimum absolute atomic E-state index is 0.645. The zero-order chi connectivity index (χ0) is 14.7. The van der Waals surface area contributed by atoms with Crippen LogP contribution in [-0.2, 0) is 19.6 Å². The summed E-state index contributed by atoms with van der Waals surface area (Å²) in [7, 11) is 0. The van der Waals surface area contributed by atoms with Crippen molar-refractivity contribution in [3.63, 3.8) is 0 Å². The number of para-hydroxylation sites is 1. The Hall–Kier alpha value is -2.21. The van der Waals surface area contributed by atoms with Crippen molar-refractivity contribution in [2.45, 2.75) is 33.5 Å². The number of rotatable bonds is 6. The molecule has 0 saturated heterocycles. The molecular weight excluding hydrogens is 264 g/mol. The topological polar surface area (TPSA) is 60.6 Å². The number of benzene rings is 1. The van der Waals surface area contributed by atoms with Crippen molar-refractivity contribution in [3.8, 4) is 0 Å². The van der Waals surface area contributed by atoms with Crippen molar-refractivity contribution >= 4 is 10.9 Å². The summed E-state index contributed by atoms with van der Waals surface area (Å²) in [6.07, 6.45) is 1.97. The number of nitrogens with one attached hydrogen (secondary N) is 1. The summed E-state index contributed by atoms with van der Waals surface area (Å²) in [6, 6.07) is 8.31. The smallest absolute Gasteiger partial charge is 0.0964 e. The zero-order valence-electron chi connectivity index (χ0n) is 12.5. The molecule has 0 fully saturated rings. The normalized spacial score (nSPS) is 11.3. The summed E-state index contributed by atoms with van der Waals surface area (Å²) in [5, 5.41) is 17.5. The van der Waals surface area contributed by atoms with Crippen LogP contribution in [0.5, 0.6) is 0 Å². The molecule has 0 unspecified atom stereocenters. The van der Waals surface area contributed by atoms with Crippen LogP contribution in [0.15, 0.2) is 30.5 Å². The standard InChI is InChI=1S/C15H20N6/c1-3-16-9-12-10-20(19-17-12)11-14-13-7-5-6-8-15(13)21(4-2)18-14/h5-8,10,16H,3-4,9,11H2,1-2H3. The minimum Gasteiger partial charge on any atom is -0.311 e. The molecule has 0 spiro atoms. The van der Waals surface area contributed by atoms with Gasteiger partial charge in [-0.05, 0) is 19.5 Å². The fraction of sp³-hybridized carbons (Fsp3) is 0.400. The van der Waals surface area contributed by atoms with Gasteiger partial charge >= 0.3 is 0 Å². The second-order valence-corrected chi connectivity index (χ2v) is 4.97. The third-order valence-electron chi connectivity index (χ3n) is 3.49. The van der Waals surface area contributed by atoms with Crippen molar-refractivity contribution in [2.24, 2.45) is 0 Å². The molecule has 1 aromatic carbocycles. The van der Waals surface area contributed by atoms with Gasteiger partial charge in [-0.1, -0.05) is 30.3 Å². The Morgan fingerprint density at radius 3 is 2.86 bits per heavy atom. The number of hydrogen-bond acceptors (Lipinski definition) is 4. The molecule has 0 aliphatic rings. The minimum atomic E-state index is 0.645. The molecule has 0 atom stereocenters. The number of fused-ring (bicyclic) bond motifs is 1. The highest BCUT2D eigenvalue weighted by Gasteiger charge is 2.10. The van der Waals surface area contributed by atoms with E-state index in [0.717, 1.165) is 31.0 Å². The van der Waals surface area contributed by atoms with Crippen LogP contribution in [0.1, 0.15) is 25.2 Å². The van der Waals surface area contributed by atoms with Gasteiger partial charge in [-0.25, -0.2) is 4.68 Å². The van der Waals surface area contributed by atoms with Gasteiger partial charge in [-0.15, -0.1) is 5.10 Å². The lowest BCUT2D eigenvalue weighted by Crippen LogP contribution is -2.11. The molecule has 0 radical (unpaired) electrons. The maximum absolute atomic E-state index is 4.69. The van der Waals surface area contributed by atoms with Crippen molar-refractivity contribution in [2.75, 3.05) is 6.54 Å². The van der Waals surface area contributed by atoms with Crippen LogP contribution in [0, 0.1) is 0 Å². The van der Waals surface area contributed by atoms with Gasteiger partial charge in [0.15, 0.2) is 0 Å². The van der Waals surface area contributed by atoms with E-state index in [9.17, 15) is 0 Å². The zero-order valence-corrected chi connectivity index (χ0v) is 12.5. The van der Waals surface area contributed by atoms with Gasteiger partial charge in [-0.2, -0.15) is 5.10 Å². The fourth-order valence-corrected chi connectivity index (χ4v) is 2.46. The lowest BCUT2D eigenvalue weighted by Gasteiger charge is -1.97. The van der Waals surface area contributed by atoms with Crippen LogP contribution in [0.4, 0.5) is 0 Å². The van der Waals surface area contributed by atoms with Crippen molar-refractivity contribution in [3.05, 3.63) is 41.9 Å². The average molecular weight is 284 g/mol. The van der Waals surface area contributed by atoms with Gasteiger partial charge < -0.3 is 5.32 Å². The first-order valence-corrected chi connectivity index (χ1v) is 7.36. The Balaban J connectivity index is 1.86. The van der Waals surface area contributed by atoms with Gasteiger partial charge in [0.25, 0.3) is 0 Å². The molecule has 6 heteroatoms. The van der Waals surface area contributed by atoms with E-state index in [1.807, 2.05) is 27.7 Å². The molecule has 3 aromatic rings. The third kappa shape index (κ3) is 2.80. The van der Waals surface area contributed by atoms with Crippen molar-refractivity contribution < 1.29 is 0 Å². The maximum atomic E-state index is 4.69. The number of nitrogens with zero attached hydrogens (tertiary/aromatic N) is 5. The maximum Gasteiger partial charge on any atom is 0.0964 e. The summed E-state index contributed by atoms with van der Waals surface area (Å²) >= 11 is 0. The number of hydrogen-bond donors (Lipinski definition) is 1. The SMILES string of the molecule is CCNCc1cn(Cc2nn(CC)c3ccccc23)nn1. The molecule has 21 heavy (non-hydrogen) atoms. The van der Waals surface area contributed by atoms with Crippen LogP contribution in [0.25, 0.3) is 10.9 Å². The Morgan fingerprint density at radius 2 is 2.05 bits per heavy atom. The average Bonchev–Trinajstić information content (AvgIpc) is 3.10. The number of aromatic nitrogens is 5. The molecule has 2 heterocycles. The Morgan fingerprint density at radius 1 is 1.19 bits per heavy atom. The summed E-state index contributed by atoms with van der Waals surface area (Å²) < 4.78 is 3.88. The van der Waals surface area contributed by atoms with Gasteiger partial charge in [-0.3, -0.25) is 4.68 Å². The lowest BCUT2D eigenvalue weighted by molar-refractivity contribution is 0.610. The summed E-state index contributed by atoms with van der Waals surface area (Å²) in [6.45, 7) is 7.37. The molecule has 0 amide bonds. The second-order valence-electron chi connectivity index (χ2n) is 4.97. The van der Waals surface area contributed by atoms with E-state index in [-0.39, 0.29) is 0 Å². The van der Waals surface area contributed by atoms with E-state index in [1.54, 1.807) is 0 Å². The monoisotopic (exact) mass is 284 g/mol. The van der Waals surface area contributed by atoms with E-state index in [4.69, 9.17) is 0 Å². The van der Waals surface area contributed by atoms with Crippen LogP contribution in [0.2, 0.25) is 0 Å². The first kappa shape index (κ1) is 13.8. The van der Waals surface area contributed by atoms with Crippen LogP contribution in [-0.4, -0.2) is 31.3 Å². The van der Waals surface area contributed by atoms with Crippen LogP contribution in [0.3, 0.4) is 0 Å². The highest BCUT2D eigenvalue weighted by molar-refractivity contribution is 5.81. The van der Waals surface area contributed by atoms with Crippen molar-refractivity contribution in [1.29, 1.82) is 0 Å². The predicted octanol–water partition coefficient (Wildman–Crippen LogP) is 1.81. The van der Waals surface area contributed by atoms with Gasteiger partial charge in [0, 0.05) is 18.5 Å². The Labute approximate surface area is 123 Å².